The highest BCUT2D eigenvalue weighted by molar-refractivity contribution is 9.09. The lowest BCUT2D eigenvalue weighted by molar-refractivity contribution is -0.384. The van der Waals surface area contributed by atoms with Gasteiger partial charge < -0.3 is 4.90 Å². The standard InChI is InChI=1S/C11H9BrClFN2O3/c12-4-6-3-9(17)15(5-6)11-8(16(18)19)2-1-7(14)10(11)13/h1-2,6H,3-5H2. The van der Waals surface area contributed by atoms with Crippen LogP contribution in [0.25, 0.3) is 0 Å². The number of nitrogens with zero attached hydrogens (tertiary/aromatic N) is 2. The van der Waals surface area contributed by atoms with Crippen molar-refractivity contribution in [3.05, 3.63) is 33.1 Å². The molecule has 0 radical (unpaired) electrons. The number of amides is 1. The van der Waals surface area contributed by atoms with Crippen LogP contribution in [0, 0.1) is 21.8 Å². The fraction of sp³-hybridized carbons (Fsp3) is 0.364. The maximum atomic E-state index is 13.5. The minimum absolute atomic E-state index is 0.0337. The van der Waals surface area contributed by atoms with Crippen LogP contribution in [0.2, 0.25) is 5.02 Å². The summed E-state index contributed by atoms with van der Waals surface area (Å²) in [5, 5.41) is 11.2. The lowest BCUT2D eigenvalue weighted by Crippen LogP contribution is -2.26. The molecule has 0 aromatic heterocycles. The summed E-state index contributed by atoms with van der Waals surface area (Å²) in [6.07, 6.45) is 0.259. The zero-order chi connectivity index (χ0) is 14.2. The zero-order valence-corrected chi connectivity index (χ0v) is 11.9. The minimum Gasteiger partial charge on any atom is -0.305 e. The van der Waals surface area contributed by atoms with Gasteiger partial charge in [0.15, 0.2) is 0 Å². The normalized spacial score (nSPS) is 19.0. The molecule has 1 aromatic rings. The number of nitro benzene ring substituents is 1. The van der Waals surface area contributed by atoms with Gasteiger partial charge in [-0.15, -0.1) is 0 Å². The second kappa shape index (κ2) is 5.42. The Morgan fingerprint density at radius 3 is 2.79 bits per heavy atom. The number of carbonyl (C=O) groups is 1. The molecular formula is C11H9BrClFN2O3. The first kappa shape index (κ1) is 14.2. The number of anilines is 1. The average Bonchev–Trinajstić information content (AvgIpc) is 2.73. The molecule has 0 bridgehead atoms. The monoisotopic (exact) mass is 350 g/mol. The molecule has 1 heterocycles. The third kappa shape index (κ3) is 2.57. The van der Waals surface area contributed by atoms with E-state index in [1.165, 1.54) is 4.90 Å². The van der Waals surface area contributed by atoms with Crippen LogP contribution in [0.4, 0.5) is 15.8 Å². The van der Waals surface area contributed by atoms with E-state index in [1.54, 1.807) is 0 Å². The summed E-state index contributed by atoms with van der Waals surface area (Å²) in [5.74, 6) is -1.04. The quantitative estimate of drug-likeness (QED) is 0.477. The fourth-order valence-electron chi connectivity index (χ4n) is 2.03. The Labute approximate surface area is 121 Å². The van der Waals surface area contributed by atoms with Crippen molar-refractivity contribution in [2.75, 3.05) is 16.8 Å². The molecule has 0 spiro atoms. The van der Waals surface area contributed by atoms with Crippen molar-refractivity contribution < 1.29 is 14.1 Å². The molecular weight excluding hydrogens is 342 g/mol. The number of halogens is 3. The molecule has 0 N–H and O–H groups in total. The van der Waals surface area contributed by atoms with Crippen LogP contribution in [0.3, 0.4) is 0 Å². The van der Waals surface area contributed by atoms with Gasteiger partial charge in [-0.25, -0.2) is 4.39 Å². The second-order valence-electron chi connectivity index (χ2n) is 4.22. The molecule has 1 aromatic carbocycles. The van der Waals surface area contributed by atoms with Gasteiger partial charge in [0.1, 0.15) is 16.5 Å². The number of alkyl halides is 1. The van der Waals surface area contributed by atoms with E-state index < -0.39 is 15.8 Å². The van der Waals surface area contributed by atoms with E-state index in [0.29, 0.717) is 5.33 Å². The summed E-state index contributed by atoms with van der Waals surface area (Å²) in [6.45, 7) is 0.286. The first-order valence-corrected chi connectivity index (χ1v) is 6.94. The number of rotatable bonds is 3. The predicted octanol–water partition coefficient (Wildman–Crippen LogP) is 3.14. The summed E-state index contributed by atoms with van der Waals surface area (Å²) in [7, 11) is 0. The van der Waals surface area contributed by atoms with Crippen LogP contribution in [0.15, 0.2) is 12.1 Å². The molecule has 5 nitrogen and oxygen atoms in total. The first-order valence-electron chi connectivity index (χ1n) is 5.44. The summed E-state index contributed by atoms with van der Waals surface area (Å²) >= 11 is 9.06. The largest absolute Gasteiger partial charge is 0.305 e. The van der Waals surface area contributed by atoms with Crippen LogP contribution in [0.1, 0.15) is 6.42 Å². The lowest BCUT2D eigenvalue weighted by Gasteiger charge is -2.18. The highest BCUT2D eigenvalue weighted by Gasteiger charge is 2.36. The molecule has 0 saturated carbocycles. The van der Waals surface area contributed by atoms with Crippen molar-refractivity contribution in [2.24, 2.45) is 5.92 Å². The molecule has 102 valence electrons. The van der Waals surface area contributed by atoms with Crippen LogP contribution < -0.4 is 4.90 Å². The molecule has 2 rings (SSSR count). The molecule has 1 unspecified atom stereocenters. The van der Waals surface area contributed by atoms with Crippen LogP contribution in [-0.2, 0) is 4.79 Å². The van der Waals surface area contributed by atoms with Crippen molar-refractivity contribution >= 4 is 44.8 Å². The molecule has 1 aliphatic heterocycles. The van der Waals surface area contributed by atoms with Gasteiger partial charge in [0.05, 0.1) is 4.92 Å². The van der Waals surface area contributed by atoms with Crippen LogP contribution >= 0.6 is 27.5 Å². The van der Waals surface area contributed by atoms with Gasteiger partial charge >= 0.3 is 0 Å². The minimum atomic E-state index is -0.780. The Bertz CT molecular complexity index is 555. The second-order valence-corrected chi connectivity index (χ2v) is 5.24. The summed E-state index contributed by atoms with van der Waals surface area (Å²) in [6, 6.07) is 1.94. The third-order valence-electron chi connectivity index (χ3n) is 2.94. The number of hydrogen-bond acceptors (Lipinski definition) is 3. The Balaban J connectivity index is 2.52. The van der Waals surface area contributed by atoms with Gasteiger partial charge in [-0.05, 0) is 12.0 Å². The van der Waals surface area contributed by atoms with Crippen molar-refractivity contribution in [1.29, 1.82) is 0 Å². The van der Waals surface area contributed by atoms with E-state index in [1.807, 2.05) is 0 Å². The number of benzene rings is 1. The zero-order valence-electron chi connectivity index (χ0n) is 9.61. The van der Waals surface area contributed by atoms with Crippen LogP contribution in [-0.4, -0.2) is 22.7 Å². The van der Waals surface area contributed by atoms with E-state index in [0.717, 1.165) is 12.1 Å². The summed E-state index contributed by atoms with van der Waals surface area (Å²) < 4.78 is 13.5. The Morgan fingerprint density at radius 1 is 1.58 bits per heavy atom. The van der Waals surface area contributed by atoms with Gasteiger partial charge in [-0.3, -0.25) is 14.9 Å². The molecule has 8 heteroatoms. The molecule has 0 aliphatic carbocycles. The van der Waals surface area contributed by atoms with Crippen molar-refractivity contribution in [2.45, 2.75) is 6.42 Å². The maximum absolute atomic E-state index is 13.5. The van der Waals surface area contributed by atoms with E-state index in [9.17, 15) is 19.3 Å². The lowest BCUT2D eigenvalue weighted by atomic mass is 10.2. The molecule has 1 fully saturated rings. The van der Waals surface area contributed by atoms with E-state index in [4.69, 9.17) is 11.6 Å². The van der Waals surface area contributed by atoms with Gasteiger partial charge in [0.25, 0.3) is 5.69 Å². The Kier molecular flexibility index (Phi) is 4.05. The molecule has 1 saturated heterocycles. The topological polar surface area (TPSA) is 63.5 Å². The first-order chi connectivity index (χ1) is 8.95. The molecule has 1 amide bonds. The van der Waals surface area contributed by atoms with E-state index in [-0.39, 0.29) is 36.2 Å². The number of nitro groups is 1. The molecule has 19 heavy (non-hydrogen) atoms. The highest BCUT2D eigenvalue weighted by Crippen LogP contribution is 2.40. The summed E-state index contributed by atoms with van der Waals surface area (Å²) in [5.41, 5.74) is -0.518. The third-order valence-corrected chi connectivity index (χ3v) is 4.21. The Morgan fingerprint density at radius 2 is 2.26 bits per heavy atom. The summed E-state index contributed by atoms with van der Waals surface area (Å²) in [4.78, 5) is 23.4. The smallest absolute Gasteiger partial charge is 0.294 e. The van der Waals surface area contributed by atoms with E-state index in [2.05, 4.69) is 15.9 Å². The SMILES string of the molecule is O=C1CC(CBr)CN1c1c([N+](=O)[O-])ccc(F)c1Cl. The fourth-order valence-corrected chi connectivity index (χ4v) is 2.73. The maximum Gasteiger partial charge on any atom is 0.294 e. The van der Waals surface area contributed by atoms with Gasteiger partial charge in [0.2, 0.25) is 5.91 Å². The molecule has 1 aliphatic rings. The van der Waals surface area contributed by atoms with Gasteiger partial charge in [0, 0.05) is 24.4 Å². The number of carbonyl (C=O) groups excluding carboxylic acids is 1. The van der Waals surface area contributed by atoms with Gasteiger partial charge in [-0.2, -0.15) is 0 Å². The predicted molar refractivity (Wildman–Crippen MR) is 72.3 cm³/mol. The highest BCUT2D eigenvalue weighted by atomic mass is 79.9. The van der Waals surface area contributed by atoms with Crippen molar-refractivity contribution in [1.82, 2.24) is 0 Å². The van der Waals surface area contributed by atoms with Gasteiger partial charge in [-0.1, -0.05) is 27.5 Å². The number of hydrogen-bond donors (Lipinski definition) is 0. The average molecular weight is 352 g/mol. The van der Waals surface area contributed by atoms with E-state index >= 15 is 0 Å². The van der Waals surface area contributed by atoms with Crippen LogP contribution in [0.5, 0.6) is 0 Å². The van der Waals surface area contributed by atoms with Crippen molar-refractivity contribution in [3.8, 4) is 0 Å². The Hall–Kier alpha value is -1.21. The van der Waals surface area contributed by atoms with Crippen molar-refractivity contribution in [3.63, 3.8) is 0 Å². The molecule has 1 atom stereocenters.